The van der Waals surface area contributed by atoms with Crippen LogP contribution in [0.3, 0.4) is 0 Å². The Balaban J connectivity index is 2.47. The molecule has 26 heavy (non-hydrogen) atoms. The van der Waals surface area contributed by atoms with Crippen LogP contribution in [0.25, 0.3) is 12.2 Å². The highest BCUT2D eigenvalue weighted by Gasteiger charge is 2.13. The van der Waals surface area contributed by atoms with E-state index in [9.17, 15) is 0 Å². The summed E-state index contributed by atoms with van der Waals surface area (Å²) in [5, 5.41) is 0. The molecule has 0 aliphatic rings. The van der Waals surface area contributed by atoms with Gasteiger partial charge in [0.2, 0.25) is 5.75 Å². The Morgan fingerprint density at radius 3 is 1.73 bits per heavy atom. The molecule has 140 valence electrons. The number of hydrogen-bond donors (Lipinski definition) is 0. The van der Waals surface area contributed by atoms with E-state index in [1.807, 2.05) is 18.2 Å². The molecule has 2 rings (SSSR count). The molecule has 2 aromatic rings. The molecule has 0 saturated carbocycles. The minimum atomic E-state index is 0.596. The monoisotopic (exact) mass is 356 g/mol. The topological polar surface area (TPSA) is 36.9 Å². The molecule has 0 radical (unpaired) electrons. The van der Waals surface area contributed by atoms with Gasteiger partial charge < -0.3 is 18.9 Å². The van der Waals surface area contributed by atoms with Gasteiger partial charge in [-0.2, -0.15) is 0 Å². The standard InChI is InChI=1S/C22H28O4/c1-7-17-16(11-12-19(23-3)18(17)8-2)10-9-15-13-20(24-4)22(26-6)21(14-15)25-5/h9-14H,7-8H2,1-6H3/b10-9-. The molecule has 4 nitrogen and oxygen atoms in total. The van der Waals surface area contributed by atoms with Gasteiger partial charge in [0.15, 0.2) is 11.5 Å². The summed E-state index contributed by atoms with van der Waals surface area (Å²) < 4.78 is 21.7. The van der Waals surface area contributed by atoms with Crippen molar-refractivity contribution in [3.8, 4) is 23.0 Å². The summed E-state index contributed by atoms with van der Waals surface area (Å²) in [5.41, 5.74) is 4.76. The SMILES string of the molecule is CCc1c(/C=C\c2cc(OC)c(OC)c(OC)c2)ccc(OC)c1CC. The number of benzene rings is 2. The first-order chi connectivity index (χ1) is 12.6. The van der Waals surface area contributed by atoms with E-state index >= 15 is 0 Å². The van der Waals surface area contributed by atoms with Gasteiger partial charge >= 0.3 is 0 Å². The zero-order valence-corrected chi connectivity index (χ0v) is 16.5. The van der Waals surface area contributed by atoms with Gasteiger partial charge in [0.05, 0.1) is 28.4 Å². The van der Waals surface area contributed by atoms with Gasteiger partial charge in [-0.25, -0.2) is 0 Å². The largest absolute Gasteiger partial charge is 0.496 e. The van der Waals surface area contributed by atoms with Gasteiger partial charge in [-0.15, -0.1) is 0 Å². The molecule has 0 fully saturated rings. The Morgan fingerprint density at radius 2 is 1.27 bits per heavy atom. The Bertz CT molecular complexity index is 753. The van der Waals surface area contributed by atoms with Crippen molar-refractivity contribution in [2.24, 2.45) is 0 Å². The lowest BCUT2D eigenvalue weighted by Gasteiger charge is -2.15. The molecule has 0 bridgehead atoms. The van der Waals surface area contributed by atoms with Crippen molar-refractivity contribution < 1.29 is 18.9 Å². The van der Waals surface area contributed by atoms with E-state index in [1.54, 1.807) is 28.4 Å². The average Bonchev–Trinajstić information content (AvgIpc) is 2.70. The van der Waals surface area contributed by atoms with Gasteiger partial charge in [-0.1, -0.05) is 32.1 Å². The minimum Gasteiger partial charge on any atom is -0.496 e. The summed E-state index contributed by atoms with van der Waals surface area (Å²) in [6.07, 6.45) is 6.08. The third kappa shape index (κ3) is 3.96. The predicted octanol–water partition coefficient (Wildman–Crippen LogP) is 5.02. The second kappa shape index (κ2) is 9.18. The highest BCUT2D eigenvalue weighted by molar-refractivity contribution is 5.75. The van der Waals surface area contributed by atoms with E-state index < -0.39 is 0 Å². The predicted molar refractivity (Wildman–Crippen MR) is 107 cm³/mol. The fourth-order valence-corrected chi connectivity index (χ4v) is 3.23. The molecule has 0 saturated heterocycles. The first kappa shape index (κ1) is 19.7. The van der Waals surface area contributed by atoms with Crippen LogP contribution in [0.1, 0.15) is 36.1 Å². The first-order valence-electron chi connectivity index (χ1n) is 8.80. The fraction of sp³-hybridized carbons (Fsp3) is 0.364. The van der Waals surface area contributed by atoms with Crippen LogP contribution in [-0.2, 0) is 12.8 Å². The molecule has 0 unspecified atom stereocenters. The van der Waals surface area contributed by atoms with E-state index in [0.717, 1.165) is 24.2 Å². The molecule has 0 atom stereocenters. The van der Waals surface area contributed by atoms with Crippen LogP contribution in [0.4, 0.5) is 0 Å². The quantitative estimate of drug-likeness (QED) is 0.623. The van der Waals surface area contributed by atoms with Gasteiger partial charge in [0, 0.05) is 0 Å². The Labute approximate surface area is 156 Å². The average molecular weight is 356 g/mol. The molecule has 0 N–H and O–H groups in total. The van der Waals surface area contributed by atoms with Crippen LogP contribution >= 0.6 is 0 Å². The maximum Gasteiger partial charge on any atom is 0.203 e. The van der Waals surface area contributed by atoms with Gasteiger partial charge in [-0.3, -0.25) is 0 Å². The van der Waals surface area contributed by atoms with Crippen molar-refractivity contribution in [3.63, 3.8) is 0 Å². The lowest BCUT2D eigenvalue weighted by Crippen LogP contribution is -1.99. The van der Waals surface area contributed by atoms with E-state index in [2.05, 4.69) is 32.1 Å². The van der Waals surface area contributed by atoms with Crippen LogP contribution in [-0.4, -0.2) is 28.4 Å². The Hall–Kier alpha value is -2.62. The minimum absolute atomic E-state index is 0.596. The van der Waals surface area contributed by atoms with Crippen LogP contribution < -0.4 is 18.9 Å². The maximum absolute atomic E-state index is 5.51. The molecule has 0 heterocycles. The zero-order valence-electron chi connectivity index (χ0n) is 16.5. The summed E-state index contributed by atoms with van der Waals surface area (Å²) in [6.45, 7) is 4.33. The number of ether oxygens (including phenoxy) is 4. The van der Waals surface area contributed by atoms with E-state index in [-0.39, 0.29) is 0 Å². The molecule has 0 aliphatic heterocycles. The zero-order chi connectivity index (χ0) is 19.1. The van der Waals surface area contributed by atoms with Crippen molar-refractivity contribution >= 4 is 12.2 Å². The van der Waals surface area contributed by atoms with Crippen LogP contribution in [0.5, 0.6) is 23.0 Å². The second-order valence-corrected chi connectivity index (χ2v) is 5.81. The van der Waals surface area contributed by atoms with Crippen LogP contribution in [0.2, 0.25) is 0 Å². The molecule has 2 aromatic carbocycles. The van der Waals surface area contributed by atoms with Crippen molar-refractivity contribution in [1.82, 2.24) is 0 Å². The summed E-state index contributed by atoms with van der Waals surface area (Å²) in [7, 11) is 6.57. The van der Waals surface area contributed by atoms with E-state index in [1.165, 1.54) is 16.7 Å². The molecule has 0 spiro atoms. The highest BCUT2D eigenvalue weighted by Crippen LogP contribution is 2.38. The van der Waals surface area contributed by atoms with E-state index in [0.29, 0.717) is 17.2 Å². The van der Waals surface area contributed by atoms with Crippen molar-refractivity contribution in [2.75, 3.05) is 28.4 Å². The molecule has 4 heteroatoms. The third-order valence-electron chi connectivity index (χ3n) is 4.49. The normalized spacial score (nSPS) is 10.8. The summed E-state index contributed by atoms with van der Waals surface area (Å²) in [5.74, 6) is 2.84. The van der Waals surface area contributed by atoms with Crippen LogP contribution in [0, 0.1) is 0 Å². The molecule has 0 aromatic heterocycles. The number of rotatable bonds is 8. The van der Waals surface area contributed by atoms with Gasteiger partial charge in [-0.05, 0) is 53.3 Å². The Morgan fingerprint density at radius 1 is 0.692 bits per heavy atom. The molecule has 0 amide bonds. The molecular weight excluding hydrogens is 328 g/mol. The fourth-order valence-electron chi connectivity index (χ4n) is 3.23. The van der Waals surface area contributed by atoms with Gasteiger partial charge in [0.25, 0.3) is 0 Å². The van der Waals surface area contributed by atoms with Crippen LogP contribution in [0.15, 0.2) is 24.3 Å². The lowest BCUT2D eigenvalue weighted by molar-refractivity contribution is 0.324. The summed E-state index contributed by atoms with van der Waals surface area (Å²) in [4.78, 5) is 0. The number of methoxy groups -OCH3 is 4. The van der Waals surface area contributed by atoms with E-state index in [4.69, 9.17) is 18.9 Å². The highest BCUT2D eigenvalue weighted by atomic mass is 16.5. The van der Waals surface area contributed by atoms with Crippen molar-refractivity contribution in [1.29, 1.82) is 0 Å². The summed E-state index contributed by atoms with van der Waals surface area (Å²) >= 11 is 0. The first-order valence-corrected chi connectivity index (χ1v) is 8.80. The maximum atomic E-state index is 5.51. The third-order valence-corrected chi connectivity index (χ3v) is 4.49. The van der Waals surface area contributed by atoms with Crippen molar-refractivity contribution in [2.45, 2.75) is 26.7 Å². The number of hydrogen-bond acceptors (Lipinski definition) is 4. The Kier molecular flexibility index (Phi) is 6.96. The molecular formula is C22H28O4. The smallest absolute Gasteiger partial charge is 0.203 e. The molecule has 0 aliphatic carbocycles. The lowest BCUT2D eigenvalue weighted by atomic mass is 9.95. The summed E-state index contributed by atoms with van der Waals surface area (Å²) in [6, 6.07) is 8.01. The second-order valence-electron chi connectivity index (χ2n) is 5.81. The van der Waals surface area contributed by atoms with Crippen molar-refractivity contribution in [3.05, 3.63) is 46.5 Å². The van der Waals surface area contributed by atoms with Gasteiger partial charge in [0.1, 0.15) is 5.75 Å².